The molecule has 1 N–H and O–H groups in total. The van der Waals surface area contributed by atoms with Crippen LogP contribution in [0.25, 0.3) is 0 Å². The van der Waals surface area contributed by atoms with E-state index in [4.69, 9.17) is 0 Å². The van der Waals surface area contributed by atoms with E-state index in [0.29, 0.717) is 0 Å². The maximum atomic E-state index is 3.49. The van der Waals surface area contributed by atoms with E-state index in [0.717, 1.165) is 25.6 Å². The summed E-state index contributed by atoms with van der Waals surface area (Å²) in [4.78, 5) is 2.58. The first-order valence-corrected chi connectivity index (χ1v) is 6.31. The van der Waals surface area contributed by atoms with Gasteiger partial charge in [-0.1, -0.05) is 37.3 Å². The highest BCUT2D eigenvalue weighted by Crippen LogP contribution is 2.09. The highest BCUT2D eigenvalue weighted by Gasteiger charge is 2.12. The molecule has 1 aliphatic rings. The maximum absolute atomic E-state index is 3.49. The zero-order valence-electron chi connectivity index (χ0n) is 10.2. The molecular formula is C14H22N2. The second-order valence-electron chi connectivity index (χ2n) is 4.88. The normalized spacial score (nSPS) is 23.7. The molecule has 0 saturated carbocycles. The van der Waals surface area contributed by atoms with Crippen LogP contribution in [-0.2, 0) is 6.54 Å². The number of rotatable bonds is 2. The molecule has 0 spiro atoms. The van der Waals surface area contributed by atoms with Gasteiger partial charge in [0.15, 0.2) is 0 Å². The van der Waals surface area contributed by atoms with Crippen molar-refractivity contribution in [2.45, 2.75) is 19.9 Å². The SMILES string of the molecule is CC1CNCCCN(Cc2ccccc2)C1. The Morgan fingerprint density at radius 1 is 1.31 bits per heavy atom. The first-order valence-electron chi connectivity index (χ1n) is 6.31. The average Bonchev–Trinajstić information content (AvgIpc) is 2.27. The Kier molecular flexibility index (Phi) is 4.37. The molecule has 1 aliphatic heterocycles. The predicted octanol–water partition coefficient (Wildman–Crippen LogP) is 2.12. The molecule has 0 aromatic heterocycles. The molecule has 88 valence electrons. The van der Waals surface area contributed by atoms with E-state index < -0.39 is 0 Å². The van der Waals surface area contributed by atoms with Gasteiger partial charge in [0.1, 0.15) is 0 Å². The van der Waals surface area contributed by atoms with Gasteiger partial charge >= 0.3 is 0 Å². The predicted molar refractivity (Wildman–Crippen MR) is 68.4 cm³/mol. The summed E-state index contributed by atoms with van der Waals surface area (Å²) >= 11 is 0. The smallest absolute Gasteiger partial charge is 0.0233 e. The second kappa shape index (κ2) is 6.02. The lowest BCUT2D eigenvalue weighted by Gasteiger charge is -2.28. The Balaban J connectivity index is 1.91. The molecule has 0 radical (unpaired) electrons. The molecule has 1 fully saturated rings. The first kappa shape index (κ1) is 11.6. The zero-order valence-corrected chi connectivity index (χ0v) is 10.2. The molecule has 1 saturated heterocycles. The summed E-state index contributed by atoms with van der Waals surface area (Å²) in [7, 11) is 0. The number of hydrogen-bond acceptors (Lipinski definition) is 2. The van der Waals surface area contributed by atoms with Crippen molar-refractivity contribution in [1.29, 1.82) is 0 Å². The molecule has 2 heteroatoms. The summed E-state index contributed by atoms with van der Waals surface area (Å²) in [6.45, 7) is 8.18. The van der Waals surface area contributed by atoms with Crippen molar-refractivity contribution in [3.63, 3.8) is 0 Å². The summed E-state index contributed by atoms with van der Waals surface area (Å²) in [5.74, 6) is 0.754. The van der Waals surface area contributed by atoms with Crippen molar-refractivity contribution < 1.29 is 0 Å². The Morgan fingerprint density at radius 2 is 2.12 bits per heavy atom. The van der Waals surface area contributed by atoms with Crippen LogP contribution in [0.4, 0.5) is 0 Å². The van der Waals surface area contributed by atoms with Crippen LogP contribution in [0.3, 0.4) is 0 Å². The summed E-state index contributed by atoms with van der Waals surface area (Å²) in [5.41, 5.74) is 1.43. The van der Waals surface area contributed by atoms with E-state index in [1.807, 2.05) is 0 Å². The van der Waals surface area contributed by atoms with E-state index in [2.05, 4.69) is 47.5 Å². The van der Waals surface area contributed by atoms with Gasteiger partial charge in [0.25, 0.3) is 0 Å². The van der Waals surface area contributed by atoms with Gasteiger partial charge in [-0.3, -0.25) is 4.90 Å². The van der Waals surface area contributed by atoms with Gasteiger partial charge in [-0.15, -0.1) is 0 Å². The van der Waals surface area contributed by atoms with E-state index in [-0.39, 0.29) is 0 Å². The maximum Gasteiger partial charge on any atom is 0.0233 e. The molecule has 0 amide bonds. The van der Waals surface area contributed by atoms with Gasteiger partial charge in [0.2, 0.25) is 0 Å². The third-order valence-corrected chi connectivity index (χ3v) is 3.14. The van der Waals surface area contributed by atoms with Crippen molar-refractivity contribution in [2.75, 3.05) is 26.2 Å². The highest BCUT2D eigenvalue weighted by molar-refractivity contribution is 5.14. The minimum atomic E-state index is 0.754. The van der Waals surface area contributed by atoms with Crippen LogP contribution < -0.4 is 5.32 Å². The van der Waals surface area contributed by atoms with Gasteiger partial charge in [0.05, 0.1) is 0 Å². The largest absolute Gasteiger partial charge is 0.316 e. The van der Waals surface area contributed by atoms with E-state index >= 15 is 0 Å². The summed E-state index contributed by atoms with van der Waals surface area (Å²) in [6, 6.07) is 10.8. The third-order valence-electron chi connectivity index (χ3n) is 3.14. The number of nitrogens with one attached hydrogen (secondary N) is 1. The average molecular weight is 218 g/mol. The standard InChI is InChI=1S/C14H22N2/c1-13-10-15-8-5-9-16(11-13)12-14-6-3-2-4-7-14/h2-4,6-7,13,15H,5,8-12H2,1H3. The zero-order chi connectivity index (χ0) is 11.2. The highest BCUT2D eigenvalue weighted by atomic mass is 15.1. The molecule has 0 aliphatic carbocycles. The van der Waals surface area contributed by atoms with Gasteiger partial charge in [0, 0.05) is 13.1 Å². The number of nitrogens with zero attached hydrogens (tertiary/aromatic N) is 1. The Labute approximate surface area is 98.7 Å². The van der Waals surface area contributed by atoms with Crippen molar-refractivity contribution in [3.8, 4) is 0 Å². The quantitative estimate of drug-likeness (QED) is 0.818. The fraction of sp³-hybridized carbons (Fsp3) is 0.571. The first-order chi connectivity index (χ1) is 7.84. The van der Waals surface area contributed by atoms with Gasteiger partial charge in [-0.2, -0.15) is 0 Å². The summed E-state index contributed by atoms with van der Waals surface area (Å²) in [5, 5.41) is 3.49. The second-order valence-corrected chi connectivity index (χ2v) is 4.88. The molecule has 16 heavy (non-hydrogen) atoms. The Morgan fingerprint density at radius 3 is 2.94 bits per heavy atom. The molecule has 1 aromatic rings. The van der Waals surface area contributed by atoms with Crippen molar-refractivity contribution >= 4 is 0 Å². The van der Waals surface area contributed by atoms with Gasteiger partial charge in [-0.05, 0) is 37.5 Å². The van der Waals surface area contributed by atoms with Crippen LogP contribution in [0.1, 0.15) is 18.9 Å². The van der Waals surface area contributed by atoms with Crippen molar-refractivity contribution in [2.24, 2.45) is 5.92 Å². The number of hydrogen-bond donors (Lipinski definition) is 1. The van der Waals surface area contributed by atoms with Crippen LogP contribution in [0.5, 0.6) is 0 Å². The Bertz CT molecular complexity index is 297. The van der Waals surface area contributed by atoms with Crippen molar-refractivity contribution in [3.05, 3.63) is 35.9 Å². The third kappa shape index (κ3) is 3.62. The lowest BCUT2D eigenvalue weighted by atomic mass is 10.1. The minimum Gasteiger partial charge on any atom is -0.316 e. The molecule has 2 rings (SSSR count). The van der Waals surface area contributed by atoms with Crippen LogP contribution in [0.2, 0.25) is 0 Å². The molecule has 1 atom stereocenters. The minimum absolute atomic E-state index is 0.754. The summed E-state index contributed by atoms with van der Waals surface area (Å²) < 4.78 is 0. The van der Waals surface area contributed by atoms with Gasteiger partial charge in [-0.25, -0.2) is 0 Å². The fourth-order valence-corrected chi connectivity index (χ4v) is 2.36. The van der Waals surface area contributed by atoms with Crippen LogP contribution >= 0.6 is 0 Å². The van der Waals surface area contributed by atoms with Crippen LogP contribution in [0.15, 0.2) is 30.3 Å². The molecular weight excluding hydrogens is 196 g/mol. The van der Waals surface area contributed by atoms with Gasteiger partial charge < -0.3 is 5.32 Å². The van der Waals surface area contributed by atoms with Crippen LogP contribution in [-0.4, -0.2) is 31.1 Å². The van der Waals surface area contributed by atoms with E-state index in [9.17, 15) is 0 Å². The molecule has 1 unspecified atom stereocenters. The van der Waals surface area contributed by atoms with E-state index in [1.165, 1.54) is 25.1 Å². The molecule has 0 bridgehead atoms. The lowest BCUT2D eigenvalue weighted by molar-refractivity contribution is 0.209. The molecule has 2 nitrogen and oxygen atoms in total. The topological polar surface area (TPSA) is 15.3 Å². The molecule has 1 aromatic carbocycles. The Hall–Kier alpha value is -0.860. The monoisotopic (exact) mass is 218 g/mol. The lowest BCUT2D eigenvalue weighted by Crippen LogP contribution is -2.38. The number of benzene rings is 1. The van der Waals surface area contributed by atoms with Crippen LogP contribution in [0, 0.1) is 5.92 Å². The van der Waals surface area contributed by atoms with E-state index in [1.54, 1.807) is 0 Å². The molecule has 1 heterocycles. The summed E-state index contributed by atoms with van der Waals surface area (Å²) in [6.07, 6.45) is 1.26. The fourth-order valence-electron chi connectivity index (χ4n) is 2.36. The van der Waals surface area contributed by atoms with Crippen molar-refractivity contribution in [1.82, 2.24) is 10.2 Å².